The number of carbonyl (C=O) groups excluding carboxylic acids is 1. The minimum absolute atomic E-state index is 0.0493. The zero-order valence-corrected chi connectivity index (χ0v) is 17.9. The van der Waals surface area contributed by atoms with Gasteiger partial charge in [0, 0.05) is 17.4 Å². The zero-order valence-electron chi connectivity index (χ0n) is 17.9. The summed E-state index contributed by atoms with van der Waals surface area (Å²) in [6.07, 6.45) is -6.17. The second kappa shape index (κ2) is 7.48. The number of hydrogen-bond donors (Lipinski definition) is 1. The third-order valence-electron chi connectivity index (χ3n) is 6.66. The van der Waals surface area contributed by atoms with Crippen molar-refractivity contribution in [3.05, 3.63) is 58.2 Å². The van der Waals surface area contributed by atoms with Gasteiger partial charge in [-0.3, -0.25) is 4.79 Å². The van der Waals surface area contributed by atoms with Crippen LogP contribution in [0.4, 0.5) is 27.8 Å². The van der Waals surface area contributed by atoms with Crippen LogP contribution in [0.25, 0.3) is 10.9 Å². The van der Waals surface area contributed by atoms with E-state index in [-0.39, 0.29) is 43.2 Å². The number of ether oxygens (including phenoxy) is 2. The molecule has 2 aromatic heterocycles. The number of nitrogens with zero attached hydrogens (tertiary/aromatic N) is 3. The van der Waals surface area contributed by atoms with Crippen LogP contribution in [0.1, 0.15) is 45.2 Å². The van der Waals surface area contributed by atoms with Crippen LogP contribution in [-0.4, -0.2) is 39.6 Å². The normalized spacial score (nSPS) is 23.1. The van der Waals surface area contributed by atoms with Gasteiger partial charge < -0.3 is 20.1 Å². The minimum Gasteiger partial charge on any atom is -0.487 e. The van der Waals surface area contributed by atoms with Crippen LogP contribution in [0.3, 0.4) is 0 Å². The van der Waals surface area contributed by atoms with Crippen LogP contribution < -0.4 is 10.5 Å². The van der Waals surface area contributed by atoms with Crippen molar-refractivity contribution in [3.63, 3.8) is 0 Å². The van der Waals surface area contributed by atoms with Crippen molar-refractivity contribution in [1.29, 1.82) is 0 Å². The molecule has 35 heavy (non-hydrogen) atoms. The van der Waals surface area contributed by atoms with E-state index in [0.717, 1.165) is 10.5 Å². The number of hydrogen-bond acceptors (Lipinski definition) is 6. The van der Waals surface area contributed by atoms with Crippen LogP contribution in [0, 0.1) is 5.82 Å². The summed E-state index contributed by atoms with van der Waals surface area (Å²) in [7, 11) is 0. The number of halogens is 5. The summed E-state index contributed by atoms with van der Waals surface area (Å²) < 4.78 is 80.0. The summed E-state index contributed by atoms with van der Waals surface area (Å²) in [5, 5.41) is 0.597. The Kier molecular flexibility index (Phi) is 4.69. The number of likely N-dealkylation sites (tertiary alicyclic amines) is 1. The third kappa shape index (κ3) is 3.38. The van der Waals surface area contributed by atoms with Gasteiger partial charge in [-0.1, -0.05) is 0 Å². The van der Waals surface area contributed by atoms with Crippen molar-refractivity contribution >= 4 is 22.6 Å². The predicted octanol–water partition coefficient (Wildman–Crippen LogP) is 4.09. The first-order valence-electron chi connectivity index (χ1n) is 10.8. The van der Waals surface area contributed by atoms with Crippen molar-refractivity contribution in [2.24, 2.45) is 0 Å². The number of nitrogen functional groups attached to an aromatic ring is 1. The van der Waals surface area contributed by atoms with Gasteiger partial charge in [0.05, 0.1) is 42.6 Å². The number of aromatic nitrogens is 2. The Morgan fingerprint density at radius 1 is 1.17 bits per heavy atom. The lowest BCUT2D eigenvalue weighted by Crippen LogP contribution is -2.49. The Bertz CT molecular complexity index is 1400. The van der Waals surface area contributed by atoms with Gasteiger partial charge in [-0.05, 0) is 23.8 Å². The number of amides is 1. The van der Waals surface area contributed by atoms with E-state index in [2.05, 4.69) is 9.97 Å². The maximum atomic E-state index is 14.9. The molecule has 5 heterocycles. The van der Waals surface area contributed by atoms with Gasteiger partial charge in [-0.15, -0.1) is 0 Å². The van der Waals surface area contributed by atoms with E-state index in [1.807, 2.05) is 0 Å². The molecule has 1 aromatic carbocycles. The molecule has 3 aliphatic heterocycles. The first-order chi connectivity index (χ1) is 16.6. The molecule has 12 heteroatoms. The van der Waals surface area contributed by atoms with E-state index < -0.39 is 41.8 Å². The summed E-state index contributed by atoms with van der Waals surface area (Å²) in [5.74, 6) is -1.91. The Balaban J connectivity index is 1.42. The molecule has 7 nitrogen and oxygen atoms in total. The molecule has 0 unspecified atom stereocenters. The highest BCUT2D eigenvalue weighted by Crippen LogP contribution is 2.48. The quantitative estimate of drug-likeness (QED) is 0.515. The lowest BCUT2D eigenvalue weighted by atomic mass is 9.92. The lowest BCUT2D eigenvalue weighted by molar-refractivity contribution is -0.137. The van der Waals surface area contributed by atoms with Gasteiger partial charge >= 0.3 is 6.18 Å². The summed E-state index contributed by atoms with van der Waals surface area (Å²) >= 11 is 0. The van der Waals surface area contributed by atoms with Gasteiger partial charge in [0.1, 0.15) is 41.4 Å². The number of piperidine rings is 1. The second-order valence-corrected chi connectivity index (χ2v) is 8.79. The minimum atomic E-state index is -4.79. The van der Waals surface area contributed by atoms with E-state index in [0.29, 0.717) is 34.4 Å². The standard InChI is InChI=1S/C23H17F5N4O3/c24-10-3-18-20(19-14(25)1-9(23(26,27)28)2-17(19)35-18)32(6-10)22(33)15-4-11-12-7-34-8-13(12)21(29)31-16(11)5-30-15/h1-2,4-5,10,18,20H,3,6-8H2,(H2,29,31)/t10-,18-,20+/m0/s1. The number of anilines is 1. The van der Waals surface area contributed by atoms with E-state index in [9.17, 15) is 26.7 Å². The smallest absolute Gasteiger partial charge is 0.416 e. The SMILES string of the molecule is Nc1nc2cnc(C(=O)N3C[C@@H](F)C[C@@H]4Oc5cc(C(F)(F)F)cc(F)c5[C@@H]43)cc2c2c1COC2. The van der Waals surface area contributed by atoms with E-state index in [1.54, 1.807) is 0 Å². The molecule has 1 fully saturated rings. The van der Waals surface area contributed by atoms with Crippen LogP contribution in [-0.2, 0) is 24.1 Å². The number of rotatable bonds is 1. The van der Waals surface area contributed by atoms with Crippen molar-refractivity contribution in [2.45, 2.75) is 44.1 Å². The fraction of sp³-hybridized carbons (Fsp3) is 0.348. The van der Waals surface area contributed by atoms with Gasteiger partial charge in [0.25, 0.3) is 5.91 Å². The Morgan fingerprint density at radius 3 is 2.71 bits per heavy atom. The molecule has 0 aliphatic carbocycles. The molecule has 6 rings (SSSR count). The first kappa shape index (κ1) is 22.0. The average molecular weight is 492 g/mol. The van der Waals surface area contributed by atoms with Gasteiger partial charge in [-0.25, -0.2) is 18.7 Å². The highest BCUT2D eigenvalue weighted by atomic mass is 19.4. The summed E-state index contributed by atoms with van der Waals surface area (Å²) in [6, 6.07) is 1.44. The number of fused-ring (bicyclic) bond motifs is 6. The molecule has 0 spiro atoms. The number of nitrogens with two attached hydrogens (primary N) is 1. The second-order valence-electron chi connectivity index (χ2n) is 8.79. The number of alkyl halides is 4. The number of pyridine rings is 2. The van der Waals surface area contributed by atoms with E-state index >= 15 is 0 Å². The number of benzene rings is 1. The molecule has 2 N–H and O–H groups in total. The third-order valence-corrected chi connectivity index (χ3v) is 6.66. The first-order valence-corrected chi connectivity index (χ1v) is 10.8. The fourth-order valence-corrected chi connectivity index (χ4v) is 5.09. The Morgan fingerprint density at radius 2 is 1.94 bits per heavy atom. The molecule has 1 saturated heterocycles. The topological polar surface area (TPSA) is 90.6 Å². The predicted molar refractivity (Wildman–Crippen MR) is 112 cm³/mol. The van der Waals surface area contributed by atoms with E-state index in [4.69, 9.17) is 15.2 Å². The van der Waals surface area contributed by atoms with Crippen LogP contribution in [0.2, 0.25) is 0 Å². The highest BCUT2D eigenvalue weighted by Gasteiger charge is 2.49. The van der Waals surface area contributed by atoms with Crippen LogP contribution >= 0.6 is 0 Å². The fourth-order valence-electron chi connectivity index (χ4n) is 5.09. The monoisotopic (exact) mass is 492 g/mol. The molecular formula is C23H17F5N4O3. The van der Waals surface area contributed by atoms with E-state index in [1.165, 1.54) is 12.3 Å². The van der Waals surface area contributed by atoms with Crippen molar-refractivity contribution in [3.8, 4) is 5.75 Å². The largest absolute Gasteiger partial charge is 0.487 e. The van der Waals surface area contributed by atoms with Gasteiger partial charge in [-0.2, -0.15) is 13.2 Å². The van der Waals surface area contributed by atoms with Crippen molar-refractivity contribution in [1.82, 2.24) is 14.9 Å². The number of carbonyl (C=O) groups is 1. The lowest BCUT2D eigenvalue weighted by Gasteiger charge is -2.38. The molecule has 3 aliphatic rings. The van der Waals surface area contributed by atoms with Crippen LogP contribution in [0.5, 0.6) is 5.75 Å². The molecule has 182 valence electrons. The van der Waals surface area contributed by atoms with Crippen molar-refractivity contribution in [2.75, 3.05) is 12.3 Å². The molecule has 3 aromatic rings. The zero-order chi connectivity index (χ0) is 24.6. The van der Waals surface area contributed by atoms with Crippen molar-refractivity contribution < 1.29 is 36.2 Å². The summed E-state index contributed by atoms with van der Waals surface area (Å²) in [4.78, 5) is 23.0. The molecule has 3 atom stereocenters. The maximum absolute atomic E-state index is 14.9. The molecular weight excluding hydrogens is 475 g/mol. The molecule has 1 amide bonds. The average Bonchev–Trinajstić information content (AvgIpc) is 3.43. The van der Waals surface area contributed by atoms with Gasteiger partial charge in [0.15, 0.2) is 0 Å². The van der Waals surface area contributed by atoms with Crippen LogP contribution in [0.15, 0.2) is 24.4 Å². The molecule has 0 saturated carbocycles. The molecule has 0 bridgehead atoms. The summed E-state index contributed by atoms with van der Waals surface area (Å²) in [5.41, 5.74) is 6.42. The Labute approximate surface area is 194 Å². The molecule has 0 radical (unpaired) electrons. The Hall–Kier alpha value is -3.54. The maximum Gasteiger partial charge on any atom is 0.416 e. The summed E-state index contributed by atoms with van der Waals surface area (Å²) in [6.45, 7) is 0.164. The van der Waals surface area contributed by atoms with Gasteiger partial charge in [0.2, 0.25) is 0 Å². The highest BCUT2D eigenvalue weighted by molar-refractivity contribution is 5.97.